The van der Waals surface area contributed by atoms with Crippen molar-refractivity contribution in [3.8, 4) is 5.75 Å². The van der Waals surface area contributed by atoms with Crippen LogP contribution >= 0.6 is 11.6 Å². The lowest BCUT2D eigenvalue weighted by molar-refractivity contribution is -0.141. The average molecular weight is 512 g/mol. The normalized spacial score (nSPS) is 16.6. The Balaban J connectivity index is 1.39. The number of halogens is 1. The third-order valence-electron chi connectivity index (χ3n) is 7.43. The van der Waals surface area contributed by atoms with E-state index in [9.17, 15) is 15.0 Å². The van der Waals surface area contributed by atoms with Crippen molar-refractivity contribution in [3.05, 3.63) is 65.1 Å². The van der Waals surface area contributed by atoms with Crippen LogP contribution in [0.3, 0.4) is 0 Å². The van der Waals surface area contributed by atoms with Gasteiger partial charge in [-0.3, -0.25) is 14.8 Å². The molecule has 1 aliphatic rings. The molecule has 0 bridgehead atoms. The van der Waals surface area contributed by atoms with Crippen LogP contribution < -0.4 is 4.74 Å². The molecule has 7 nitrogen and oxygen atoms in total. The fraction of sp³-hybridized carbons (Fsp3) is 0.464. The second kappa shape index (κ2) is 12.0. The molecular formula is C28H34ClN3O4. The van der Waals surface area contributed by atoms with E-state index in [1.54, 1.807) is 13.3 Å². The van der Waals surface area contributed by atoms with E-state index in [1.165, 1.54) is 0 Å². The molecule has 0 aliphatic carbocycles. The zero-order valence-corrected chi connectivity index (χ0v) is 21.5. The Labute approximate surface area is 217 Å². The number of aromatic nitrogens is 2. The lowest BCUT2D eigenvalue weighted by Gasteiger charge is -2.41. The molecule has 0 amide bonds. The number of nitrogens with zero attached hydrogens (tertiary/aromatic N) is 3. The number of ether oxygens (including phenoxy) is 1. The number of carboxylic acids is 1. The smallest absolute Gasteiger partial charge is 0.303 e. The van der Waals surface area contributed by atoms with Gasteiger partial charge in [0.1, 0.15) is 5.75 Å². The first-order valence-corrected chi connectivity index (χ1v) is 12.9. The molecule has 1 aromatic carbocycles. The van der Waals surface area contributed by atoms with Gasteiger partial charge in [-0.2, -0.15) is 0 Å². The monoisotopic (exact) mass is 511 g/mol. The number of aryl methyl sites for hydroxylation is 1. The average Bonchev–Trinajstić information content (AvgIpc) is 2.88. The molecule has 1 fully saturated rings. The lowest BCUT2D eigenvalue weighted by atomic mass is 9.71. The number of carboxylic acid groups (broad SMARTS) is 1. The number of benzene rings is 1. The summed E-state index contributed by atoms with van der Waals surface area (Å²) in [4.78, 5) is 22.9. The van der Waals surface area contributed by atoms with Gasteiger partial charge in [0.15, 0.2) is 0 Å². The van der Waals surface area contributed by atoms with Crippen molar-refractivity contribution in [2.75, 3.05) is 26.7 Å². The number of rotatable bonds is 11. The number of hydrogen-bond donors (Lipinski definition) is 2. The maximum Gasteiger partial charge on any atom is 0.303 e. The maximum absolute atomic E-state index is 11.8. The summed E-state index contributed by atoms with van der Waals surface area (Å²) < 4.78 is 5.35. The Morgan fingerprint density at radius 1 is 1.22 bits per heavy atom. The molecule has 2 N–H and O–H groups in total. The predicted molar refractivity (Wildman–Crippen MR) is 140 cm³/mol. The molecule has 3 aromatic rings. The molecule has 3 heterocycles. The Kier molecular flexibility index (Phi) is 8.77. The number of carbonyl (C=O) groups is 1. The number of aliphatic carboxylic acids is 1. The van der Waals surface area contributed by atoms with E-state index >= 15 is 0 Å². The van der Waals surface area contributed by atoms with Crippen LogP contribution in [0.15, 0.2) is 48.8 Å². The van der Waals surface area contributed by atoms with Crippen LogP contribution in [-0.4, -0.2) is 57.8 Å². The minimum Gasteiger partial charge on any atom is -0.497 e. The quantitative estimate of drug-likeness (QED) is 0.361. The third kappa shape index (κ3) is 6.52. The zero-order chi connectivity index (χ0) is 25.5. The molecule has 1 atom stereocenters. The van der Waals surface area contributed by atoms with Crippen LogP contribution in [-0.2, 0) is 11.2 Å². The molecule has 192 valence electrons. The number of fused-ring (bicyclic) bond motifs is 1. The highest BCUT2D eigenvalue weighted by atomic mass is 35.5. The molecule has 0 saturated carbocycles. The Bertz CT molecular complexity index is 1170. The van der Waals surface area contributed by atoms with Crippen molar-refractivity contribution in [2.24, 2.45) is 5.41 Å². The molecule has 4 rings (SSSR count). The molecule has 0 unspecified atom stereocenters. The number of pyridine rings is 2. The highest BCUT2D eigenvalue weighted by molar-refractivity contribution is 6.32. The number of hydrogen-bond acceptors (Lipinski definition) is 6. The summed E-state index contributed by atoms with van der Waals surface area (Å²) in [6.45, 7) is 2.70. The van der Waals surface area contributed by atoms with Crippen molar-refractivity contribution in [3.63, 3.8) is 0 Å². The van der Waals surface area contributed by atoms with Crippen molar-refractivity contribution in [2.45, 2.75) is 51.0 Å². The van der Waals surface area contributed by atoms with E-state index in [0.29, 0.717) is 29.2 Å². The Hall–Kier alpha value is -2.74. The summed E-state index contributed by atoms with van der Waals surface area (Å²) in [7, 11) is 1.59. The van der Waals surface area contributed by atoms with E-state index in [0.717, 1.165) is 61.9 Å². The first-order chi connectivity index (χ1) is 17.4. The molecule has 2 aromatic heterocycles. The van der Waals surface area contributed by atoms with Gasteiger partial charge in [0.05, 0.1) is 30.2 Å². The van der Waals surface area contributed by atoms with Crippen LogP contribution in [0.25, 0.3) is 10.9 Å². The standard InChI is InChI=1S/C28H34ClN3O4/c1-36-21-7-8-24-22(17-21)27(23(29)19-31-24)25(33)9-10-28(18-26(34)35)11-15-32(16-12-28)14-4-6-20-5-2-3-13-30-20/h2-3,5,7-8,13,17,19,25,33H,4,6,9-12,14-16,18H2,1H3,(H,34,35)/t25-/m0/s1. The molecule has 36 heavy (non-hydrogen) atoms. The SMILES string of the molecule is COc1ccc2ncc(Cl)c([C@@H](O)CCC3(CC(=O)O)CCN(CCCc4ccccn4)CC3)c2c1. The minimum atomic E-state index is -0.822. The summed E-state index contributed by atoms with van der Waals surface area (Å²) in [6, 6.07) is 11.5. The van der Waals surface area contributed by atoms with E-state index in [1.807, 2.05) is 42.6 Å². The number of piperidine rings is 1. The third-order valence-corrected chi connectivity index (χ3v) is 7.73. The summed E-state index contributed by atoms with van der Waals surface area (Å²) >= 11 is 6.48. The number of methoxy groups -OCH3 is 1. The second-order valence-electron chi connectivity index (χ2n) is 9.79. The van der Waals surface area contributed by atoms with Crippen molar-refractivity contribution in [1.82, 2.24) is 14.9 Å². The Morgan fingerprint density at radius 3 is 2.72 bits per heavy atom. The number of aliphatic hydroxyl groups is 1. The van der Waals surface area contributed by atoms with Crippen molar-refractivity contribution < 1.29 is 19.7 Å². The van der Waals surface area contributed by atoms with Gasteiger partial charge >= 0.3 is 5.97 Å². The molecule has 0 radical (unpaired) electrons. The summed E-state index contributed by atoms with van der Waals surface area (Å²) in [5.41, 5.74) is 2.12. The van der Waals surface area contributed by atoms with Gasteiger partial charge in [0, 0.05) is 29.0 Å². The Morgan fingerprint density at radius 2 is 2.03 bits per heavy atom. The van der Waals surface area contributed by atoms with Gasteiger partial charge in [0.25, 0.3) is 0 Å². The number of likely N-dealkylation sites (tertiary alicyclic amines) is 1. The molecule has 0 spiro atoms. The van der Waals surface area contributed by atoms with Crippen molar-refractivity contribution in [1.29, 1.82) is 0 Å². The van der Waals surface area contributed by atoms with E-state index in [-0.39, 0.29) is 11.8 Å². The van der Waals surface area contributed by atoms with Gasteiger partial charge in [0.2, 0.25) is 0 Å². The first kappa shape index (κ1) is 26.3. The van der Waals surface area contributed by atoms with Gasteiger partial charge in [-0.15, -0.1) is 0 Å². The van der Waals surface area contributed by atoms with Crippen LogP contribution in [0.5, 0.6) is 5.75 Å². The van der Waals surface area contributed by atoms with E-state index in [4.69, 9.17) is 16.3 Å². The van der Waals surface area contributed by atoms with Crippen LogP contribution in [0, 0.1) is 5.41 Å². The predicted octanol–water partition coefficient (Wildman–Crippen LogP) is 5.30. The second-order valence-corrected chi connectivity index (χ2v) is 10.2. The summed E-state index contributed by atoms with van der Waals surface area (Å²) in [6.07, 6.45) is 7.29. The van der Waals surface area contributed by atoms with Gasteiger partial charge in [-0.05, 0) is 93.9 Å². The van der Waals surface area contributed by atoms with Crippen LogP contribution in [0.4, 0.5) is 0 Å². The lowest BCUT2D eigenvalue weighted by Crippen LogP contribution is -2.41. The topological polar surface area (TPSA) is 95.8 Å². The van der Waals surface area contributed by atoms with Gasteiger partial charge < -0.3 is 19.8 Å². The largest absolute Gasteiger partial charge is 0.497 e. The van der Waals surface area contributed by atoms with Gasteiger partial charge in [-0.25, -0.2) is 0 Å². The van der Waals surface area contributed by atoms with E-state index in [2.05, 4.69) is 14.9 Å². The maximum atomic E-state index is 11.8. The molecule has 1 saturated heterocycles. The fourth-order valence-corrected chi connectivity index (χ4v) is 5.61. The highest BCUT2D eigenvalue weighted by Gasteiger charge is 2.37. The van der Waals surface area contributed by atoms with Gasteiger partial charge in [-0.1, -0.05) is 17.7 Å². The molecular weight excluding hydrogens is 478 g/mol. The fourth-order valence-electron chi connectivity index (χ4n) is 5.34. The number of aliphatic hydroxyl groups excluding tert-OH is 1. The summed E-state index contributed by atoms with van der Waals surface area (Å²) in [5.74, 6) is -0.122. The minimum absolute atomic E-state index is 0.111. The molecule has 8 heteroatoms. The zero-order valence-electron chi connectivity index (χ0n) is 20.7. The van der Waals surface area contributed by atoms with Crippen molar-refractivity contribution >= 4 is 28.5 Å². The van der Waals surface area contributed by atoms with Crippen LogP contribution in [0.1, 0.15) is 55.9 Å². The van der Waals surface area contributed by atoms with Crippen LogP contribution in [0.2, 0.25) is 5.02 Å². The highest BCUT2D eigenvalue weighted by Crippen LogP contribution is 2.43. The van der Waals surface area contributed by atoms with E-state index < -0.39 is 12.1 Å². The summed E-state index contributed by atoms with van der Waals surface area (Å²) in [5, 5.41) is 22.0. The first-order valence-electron chi connectivity index (χ1n) is 12.5. The molecule has 1 aliphatic heterocycles.